The van der Waals surface area contributed by atoms with Gasteiger partial charge >= 0.3 is 0 Å². The lowest BCUT2D eigenvalue weighted by atomic mass is 9.85. The van der Waals surface area contributed by atoms with E-state index in [9.17, 15) is 0 Å². The summed E-state index contributed by atoms with van der Waals surface area (Å²) in [5.74, 6) is 1.07. The van der Waals surface area contributed by atoms with Crippen molar-refractivity contribution < 1.29 is 4.74 Å². The van der Waals surface area contributed by atoms with Gasteiger partial charge in [-0.25, -0.2) is 0 Å². The Hall–Kier alpha value is -4.14. The van der Waals surface area contributed by atoms with Crippen molar-refractivity contribution in [1.29, 1.82) is 0 Å². The second kappa shape index (κ2) is 15.2. The lowest BCUT2D eigenvalue weighted by Gasteiger charge is -2.36. The molecular formula is C49H58OSi. The highest BCUT2D eigenvalue weighted by atomic mass is 28.3. The van der Waals surface area contributed by atoms with Gasteiger partial charge in [-0.15, -0.1) is 0 Å². The van der Waals surface area contributed by atoms with Crippen molar-refractivity contribution in [1.82, 2.24) is 0 Å². The minimum atomic E-state index is -2.35. The SMILES string of the molecule is C=CCOc1c(C(C)(C)C)cc(C)cc1[Si](C)(C)C1c2cc(-c3cccc(CCCC)c3)ccc2-c2ccc(-c3cccc(CCCC)c3)cc21. The van der Waals surface area contributed by atoms with E-state index in [1.807, 2.05) is 6.08 Å². The second-order valence-electron chi connectivity index (χ2n) is 16.4. The van der Waals surface area contributed by atoms with Crippen LogP contribution in [0, 0.1) is 6.92 Å². The number of benzene rings is 5. The molecule has 0 bridgehead atoms. The second-order valence-corrected chi connectivity index (χ2v) is 21.0. The largest absolute Gasteiger partial charge is 0.489 e. The maximum Gasteiger partial charge on any atom is 0.122 e. The summed E-state index contributed by atoms with van der Waals surface area (Å²) in [6.07, 6.45) is 9.00. The minimum absolute atomic E-state index is 0.0564. The van der Waals surface area contributed by atoms with Gasteiger partial charge in [-0.2, -0.15) is 0 Å². The van der Waals surface area contributed by atoms with Crippen molar-refractivity contribution in [3.8, 4) is 39.1 Å². The molecule has 0 aromatic heterocycles. The Morgan fingerprint density at radius 3 is 1.67 bits per heavy atom. The standard InChI is InChI=1S/C49H58OSi/c1-10-13-17-35-19-15-21-37(30-35)39-23-25-41-42-26-24-40(38-22-16-20-36(31-38)18-14-11-2)33-44(42)48(43(41)32-39)51(8,9)46-29-34(4)28-45(49(5,6)7)47(46)50-27-12-3/h12,15-16,19-26,28-33,48H,3,10-11,13-14,17-18,27H2,1-2,4-9H3. The molecule has 0 unspecified atom stereocenters. The average molecular weight is 691 g/mol. The van der Waals surface area contributed by atoms with E-state index in [0.29, 0.717) is 6.61 Å². The van der Waals surface area contributed by atoms with E-state index in [4.69, 9.17) is 4.74 Å². The zero-order chi connectivity index (χ0) is 36.3. The van der Waals surface area contributed by atoms with Crippen LogP contribution < -0.4 is 9.92 Å². The molecule has 2 heteroatoms. The van der Waals surface area contributed by atoms with Crippen LogP contribution in [0.15, 0.2) is 110 Å². The summed E-state index contributed by atoms with van der Waals surface area (Å²) in [5.41, 5.74) is 16.5. The predicted molar refractivity (Wildman–Crippen MR) is 225 cm³/mol. The van der Waals surface area contributed by atoms with Gasteiger partial charge in [-0.05, 0) is 104 Å². The van der Waals surface area contributed by atoms with Crippen molar-refractivity contribution in [3.05, 3.63) is 143 Å². The van der Waals surface area contributed by atoms with Crippen molar-refractivity contribution in [3.63, 3.8) is 0 Å². The topological polar surface area (TPSA) is 9.23 Å². The quantitative estimate of drug-likeness (QED) is 0.0882. The summed E-state index contributed by atoms with van der Waals surface area (Å²) in [6, 6.07) is 37.8. The number of rotatable bonds is 13. The Morgan fingerprint density at radius 2 is 1.20 bits per heavy atom. The van der Waals surface area contributed by atoms with Crippen LogP contribution in [0.5, 0.6) is 5.75 Å². The highest BCUT2D eigenvalue weighted by Gasteiger charge is 2.45. The van der Waals surface area contributed by atoms with E-state index in [0.717, 1.165) is 18.6 Å². The van der Waals surface area contributed by atoms with Gasteiger partial charge in [-0.3, -0.25) is 0 Å². The fraction of sp³-hybridized carbons (Fsp3) is 0.347. The molecule has 0 atom stereocenters. The Bertz CT molecular complexity index is 1920. The average Bonchev–Trinajstić information content (AvgIpc) is 3.46. The maximum atomic E-state index is 6.71. The summed E-state index contributed by atoms with van der Waals surface area (Å²) in [6.45, 7) is 23.4. The van der Waals surface area contributed by atoms with Crippen LogP contribution in [0.25, 0.3) is 33.4 Å². The Labute approximate surface area is 309 Å². The first-order chi connectivity index (χ1) is 24.5. The smallest absolute Gasteiger partial charge is 0.122 e. The van der Waals surface area contributed by atoms with Gasteiger partial charge in [0.1, 0.15) is 12.4 Å². The van der Waals surface area contributed by atoms with E-state index in [2.05, 4.69) is 158 Å². The molecule has 0 amide bonds. The summed E-state index contributed by atoms with van der Waals surface area (Å²) in [7, 11) is -2.35. The summed E-state index contributed by atoms with van der Waals surface area (Å²) in [5, 5.41) is 1.40. The predicted octanol–water partition coefficient (Wildman–Crippen LogP) is 13.1. The van der Waals surface area contributed by atoms with Crippen LogP contribution >= 0.6 is 0 Å². The van der Waals surface area contributed by atoms with Gasteiger partial charge in [0.25, 0.3) is 0 Å². The third-order valence-corrected chi connectivity index (χ3v) is 14.8. The van der Waals surface area contributed by atoms with E-state index in [1.54, 1.807) is 0 Å². The zero-order valence-electron chi connectivity index (χ0n) is 32.5. The first kappa shape index (κ1) is 36.6. The van der Waals surface area contributed by atoms with Crippen molar-refractivity contribution >= 4 is 13.3 Å². The number of unbranched alkanes of at least 4 members (excludes halogenated alkanes) is 2. The van der Waals surface area contributed by atoms with E-state index in [-0.39, 0.29) is 11.0 Å². The van der Waals surface area contributed by atoms with E-state index >= 15 is 0 Å². The number of ether oxygens (including phenoxy) is 1. The molecule has 0 N–H and O–H groups in total. The number of hydrogen-bond donors (Lipinski definition) is 0. The number of aryl methyl sites for hydroxylation is 3. The van der Waals surface area contributed by atoms with Crippen molar-refractivity contribution in [2.75, 3.05) is 6.61 Å². The minimum Gasteiger partial charge on any atom is -0.489 e. The van der Waals surface area contributed by atoms with Crippen LogP contribution in [-0.2, 0) is 18.3 Å². The molecule has 6 rings (SSSR count). The summed E-state index contributed by atoms with van der Waals surface area (Å²) < 4.78 is 6.71. The third kappa shape index (κ3) is 7.58. The molecule has 0 radical (unpaired) electrons. The highest BCUT2D eigenvalue weighted by molar-refractivity contribution is 6.92. The molecule has 0 saturated carbocycles. The first-order valence-corrected chi connectivity index (χ1v) is 22.4. The van der Waals surface area contributed by atoms with E-state index < -0.39 is 8.07 Å². The van der Waals surface area contributed by atoms with Crippen LogP contribution in [0.3, 0.4) is 0 Å². The molecule has 264 valence electrons. The molecule has 0 saturated heterocycles. The van der Waals surface area contributed by atoms with Gasteiger partial charge in [0, 0.05) is 5.54 Å². The number of hydrogen-bond acceptors (Lipinski definition) is 1. The Kier molecular flexibility index (Phi) is 10.9. The lowest BCUT2D eigenvalue weighted by molar-refractivity contribution is 0.353. The Balaban J connectivity index is 1.56. The normalized spacial score (nSPS) is 12.9. The molecular weight excluding hydrogens is 633 g/mol. The monoisotopic (exact) mass is 690 g/mol. The summed E-state index contributed by atoms with van der Waals surface area (Å²) >= 11 is 0. The van der Waals surface area contributed by atoms with Gasteiger partial charge in [0.2, 0.25) is 0 Å². The fourth-order valence-electron chi connectivity index (χ4n) is 8.23. The van der Waals surface area contributed by atoms with Gasteiger partial charge < -0.3 is 4.74 Å². The van der Waals surface area contributed by atoms with Crippen molar-refractivity contribution in [2.24, 2.45) is 0 Å². The molecule has 0 spiro atoms. The number of fused-ring (bicyclic) bond motifs is 3. The molecule has 0 fully saturated rings. The van der Waals surface area contributed by atoms with Gasteiger partial charge in [-0.1, -0.05) is 176 Å². The van der Waals surface area contributed by atoms with Crippen LogP contribution in [0.4, 0.5) is 0 Å². The highest BCUT2D eigenvalue weighted by Crippen LogP contribution is 2.52. The Morgan fingerprint density at radius 1 is 0.686 bits per heavy atom. The van der Waals surface area contributed by atoms with Crippen LogP contribution in [-0.4, -0.2) is 14.7 Å². The maximum absolute atomic E-state index is 6.71. The molecule has 0 aliphatic heterocycles. The summed E-state index contributed by atoms with van der Waals surface area (Å²) in [4.78, 5) is 0. The van der Waals surface area contributed by atoms with Gasteiger partial charge in [0.15, 0.2) is 0 Å². The molecule has 1 aliphatic carbocycles. The molecule has 1 aliphatic rings. The molecule has 5 aromatic rings. The molecule has 51 heavy (non-hydrogen) atoms. The lowest BCUT2D eigenvalue weighted by Crippen LogP contribution is -2.49. The fourth-order valence-corrected chi connectivity index (χ4v) is 12.0. The van der Waals surface area contributed by atoms with Crippen LogP contribution in [0.1, 0.15) is 99.2 Å². The van der Waals surface area contributed by atoms with Crippen molar-refractivity contribution in [2.45, 2.75) is 104 Å². The third-order valence-electron chi connectivity index (χ3n) is 11.0. The van der Waals surface area contributed by atoms with Crippen LogP contribution in [0.2, 0.25) is 13.1 Å². The molecule has 5 aromatic carbocycles. The van der Waals surface area contributed by atoms with Gasteiger partial charge in [0.05, 0.1) is 8.07 Å². The van der Waals surface area contributed by atoms with E-state index in [1.165, 1.54) is 97.6 Å². The molecule has 0 heterocycles. The molecule has 1 nitrogen and oxygen atoms in total. The first-order valence-electron chi connectivity index (χ1n) is 19.3. The zero-order valence-corrected chi connectivity index (χ0v) is 33.5.